The SMILES string of the molecule is COc1cc2ncnc(CCN3CCS(=N)(=O)CC3)c2cc1OC. The zero-order valence-corrected chi connectivity index (χ0v) is 14.8. The van der Waals surface area contributed by atoms with E-state index >= 15 is 0 Å². The predicted octanol–water partition coefficient (Wildman–Crippen LogP) is 1.55. The molecule has 1 aromatic carbocycles. The number of nitrogens with one attached hydrogen (secondary N) is 1. The van der Waals surface area contributed by atoms with Crippen molar-refractivity contribution < 1.29 is 13.7 Å². The minimum Gasteiger partial charge on any atom is -0.493 e. The van der Waals surface area contributed by atoms with Gasteiger partial charge in [-0.15, -0.1) is 0 Å². The number of benzene rings is 1. The van der Waals surface area contributed by atoms with Crippen molar-refractivity contribution >= 4 is 20.6 Å². The maximum Gasteiger partial charge on any atom is 0.162 e. The summed E-state index contributed by atoms with van der Waals surface area (Å²) in [6.45, 7) is 2.25. The van der Waals surface area contributed by atoms with E-state index in [0.717, 1.165) is 29.6 Å². The van der Waals surface area contributed by atoms with Gasteiger partial charge in [0.2, 0.25) is 0 Å². The molecule has 24 heavy (non-hydrogen) atoms. The molecular weight excluding hydrogens is 328 g/mol. The second-order valence-electron chi connectivity index (χ2n) is 5.86. The molecule has 1 saturated heterocycles. The number of hydrogen-bond acceptors (Lipinski definition) is 7. The first kappa shape index (κ1) is 16.9. The fourth-order valence-electron chi connectivity index (χ4n) is 2.89. The molecule has 1 N–H and O–H groups in total. The molecule has 0 aliphatic carbocycles. The number of rotatable bonds is 5. The summed E-state index contributed by atoms with van der Waals surface area (Å²) < 4.78 is 30.1. The maximum atomic E-state index is 11.7. The van der Waals surface area contributed by atoms with Crippen LogP contribution in [0, 0.1) is 4.78 Å². The van der Waals surface area contributed by atoms with Gasteiger partial charge < -0.3 is 14.4 Å². The number of aromatic nitrogens is 2. The van der Waals surface area contributed by atoms with E-state index in [-0.39, 0.29) is 0 Å². The Bertz CT molecular complexity index is 825. The van der Waals surface area contributed by atoms with Gasteiger partial charge in [-0.25, -0.2) is 14.2 Å². The number of ether oxygens (including phenoxy) is 2. The molecule has 0 amide bonds. The molecule has 2 heterocycles. The van der Waals surface area contributed by atoms with Gasteiger partial charge in [-0.05, 0) is 6.07 Å². The summed E-state index contributed by atoms with van der Waals surface area (Å²) in [7, 11) is 0.866. The molecule has 2 aromatic rings. The highest BCUT2D eigenvalue weighted by molar-refractivity contribution is 7.92. The van der Waals surface area contributed by atoms with Crippen LogP contribution in [0.4, 0.5) is 0 Å². The first-order chi connectivity index (χ1) is 11.5. The zero-order valence-electron chi connectivity index (χ0n) is 13.9. The first-order valence-corrected chi connectivity index (χ1v) is 9.74. The van der Waals surface area contributed by atoms with Gasteiger partial charge in [0.05, 0.1) is 25.4 Å². The summed E-state index contributed by atoms with van der Waals surface area (Å²) in [5.74, 6) is 2.23. The normalized spacial score (nSPS) is 17.8. The molecule has 1 aliphatic heterocycles. The number of hydrogen-bond donors (Lipinski definition) is 1. The van der Waals surface area contributed by atoms with E-state index in [2.05, 4.69) is 14.9 Å². The maximum absolute atomic E-state index is 11.7. The number of methoxy groups -OCH3 is 2. The van der Waals surface area contributed by atoms with Crippen molar-refractivity contribution in [2.45, 2.75) is 6.42 Å². The van der Waals surface area contributed by atoms with Crippen molar-refractivity contribution in [3.05, 3.63) is 24.2 Å². The predicted molar refractivity (Wildman–Crippen MR) is 93.4 cm³/mol. The van der Waals surface area contributed by atoms with Crippen molar-refractivity contribution in [3.8, 4) is 11.5 Å². The van der Waals surface area contributed by atoms with Crippen LogP contribution in [-0.4, -0.2) is 64.4 Å². The van der Waals surface area contributed by atoms with Crippen LogP contribution < -0.4 is 9.47 Å². The highest BCUT2D eigenvalue weighted by atomic mass is 32.2. The number of fused-ring (bicyclic) bond motifs is 1. The van der Waals surface area contributed by atoms with Crippen LogP contribution >= 0.6 is 0 Å². The van der Waals surface area contributed by atoms with Crippen LogP contribution in [0.5, 0.6) is 11.5 Å². The van der Waals surface area contributed by atoms with Gasteiger partial charge in [0.25, 0.3) is 0 Å². The molecule has 7 nitrogen and oxygen atoms in total. The summed E-state index contributed by atoms with van der Waals surface area (Å²) in [4.78, 5) is 11.0. The van der Waals surface area contributed by atoms with E-state index in [1.165, 1.54) is 0 Å². The summed E-state index contributed by atoms with van der Waals surface area (Å²) in [6, 6.07) is 3.77. The highest BCUT2D eigenvalue weighted by Gasteiger charge is 2.19. The molecule has 0 unspecified atom stereocenters. The van der Waals surface area contributed by atoms with Crippen molar-refractivity contribution in [1.82, 2.24) is 14.9 Å². The Balaban J connectivity index is 1.79. The quantitative estimate of drug-likeness (QED) is 0.880. The summed E-state index contributed by atoms with van der Waals surface area (Å²) in [5, 5.41) is 0.955. The monoisotopic (exact) mass is 350 g/mol. The Labute approximate surface area is 142 Å². The third-order valence-electron chi connectivity index (χ3n) is 4.36. The Hall–Kier alpha value is -1.93. The Kier molecular flexibility index (Phi) is 4.86. The van der Waals surface area contributed by atoms with Crippen molar-refractivity contribution in [3.63, 3.8) is 0 Å². The topological polar surface area (TPSA) is 88.4 Å². The standard InChI is InChI=1S/C16H22N4O3S/c1-22-15-9-12-13(18-11-19-14(12)10-16(15)23-2)3-4-20-5-7-24(17,21)8-6-20/h9-11,17H,3-8H2,1-2H3. The third kappa shape index (κ3) is 3.59. The molecule has 0 bridgehead atoms. The van der Waals surface area contributed by atoms with E-state index in [4.69, 9.17) is 14.3 Å². The lowest BCUT2D eigenvalue weighted by molar-refractivity contribution is 0.301. The lowest BCUT2D eigenvalue weighted by atomic mass is 10.1. The van der Waals surface area contributed by atoms with Gasteiger partial charge in [0.15, 0.2) is 11.5 Å². The molecule has 0 saturated carbocycles. The summed E-state index contributed by atoms with van der Waals surface area (Å²) in [6.07, 6.45) is 2.34. The van der Waals surface area contributed by atoms with Gasteiger partial charge in [-0.2, -0.15) is 0 Å². The molecule has 1 fully saturated rings. The van der Waals surface area contributed by atoms with E-state index in [1.54, 1.807) is 20.5 Å². The van der Waals surface area contributed by atoms with E-state index in [9.17, 15) is 4.21 Å². The number of nitrogens with zero attached hydrogens (tertiary/aromatic N) is 3. The lowest BCUT2D eigenvalue weighted by Crippen LogP contribution is -2.40. The largest absolute Gasteiger partial charge is 0.493 e. The lowest BCUT2D eigenvalue weighted by Gasteiger charge is -2.27. The molecule has 1 aromatic heterocycles. The zero-order chi connectivity index (χ0) is 17.2. The molecule has 0 spiro atoms. The minimum atomic E-state index is -2.35. The third-order valence-corrected chi connectivity index (χ3v) is 6.05. The summed E-state index contributed by atoms with van der Waals surface area (Å²) in [5.41, 5.74) is 1.78. The van der Waals surface area contributed by atoms with E-state index < -0.39 is 9.73 Å². The van der Waals surface area contributed by atoms with Gasteiger partial charge in [-0.3, -0.25) is 4.78 Å². The van der Waals surface area contributed by atoms with Gasteiger partial charge in [0.1, 0.15) is 6.33 Å². The van der Waals surface area contributed by atoms with Crippen molar-refractivity contribution in [2.24, 2.45) is 0 Å². The highest BCUT2D eigenvalue weighted by Crippen LogP contribution is 2.32. The van der Waals surface area contributed by atoms with Crippen LogP contribution in [0.1, 0.15) is 5.69 Å². The van der Waals surface area contributed by atoms with Crippen LogP contribution in [0.15, 0.2) is 18.5 Å². The molecular formula is C16H22N4O3S. The molecule has 130 valence electrons. The Morgan fingerprint density at radius 2 is 1.83 bits per heavy atom. The van der Waals surface area contributed by atoms with Crippen molar-refractivity contribution in [1.29, 1.82) is 4.78 Å². The molecule has 0 atom stereocenters. The molecule has 8 heteroatoms. The minimum absolute atomic E-state index is 0.461. The van der Waals surface area contributed by atoms with E-state index in [0.29, 0.717) is 36.1 Å². The van der Waals surface area contributed by atoms with Crippen LogP contribution in [0.3, 0.4) is 0 Å². The second kappa shape index (κ2) is 6.90. The molecule has 3 rings (SSSR count). The second-order valence-corrected chi connectivity index (χ2v) is 8.30. The van der Waals surface area contributed by atoms with E-state index in [1.807, 2.05) is 12.1 Å². The van der Waals surface area contributed by atoms with Crippen LogP contribution in [-0.2, 0) is 16.1 Å². The molecule has 0 radical (unpaired) electrons. The Morgan fingerprint density at radius 1 is 1.17 bits per heavy atom. The van der Waals surface area contributed by atoms with Crippen LogP contribution in [0.2, 0.25) is 0 Å². The van der Waals surface area contributed by atoms with Crippen LogP contribution in [0.25, 0.3) is 10.9 Å². The van der Waals surface area contributed by atoms with Gasteiger partial charge in [-0.1, -0.05) is 0 Å². The molecule has 1 aliphatic rings. The average Bonchev–Trinajstić information content (AvgIpc) is 2.59. The van der Waals surface area contributed by atoms with Crippen molar-refractivity contribution in [2.75, 3.05) is 45.4 Å². The average molecular weight is 350 g/mol. The first-order valence-electron chi connectivity index (χ1n) is 7.84. The smallest absolute Gasteiger partial charge is 0.162 e. The van der Waals surface area contributed by atoms with Gasteiger partial charge in [0, 0.05) is 58.7 Å². The fraction of sp³-hybridized carbons (Fsp3) is 0.500. The Morgan fingerprint density at radius 3 is 2.50 bits per heavy atom. The summed E-state index contributed by atoms with van der Waals surface area (Å²) >= 11 is 0. The fourth-order valence-corrected chi connectivity index (χ4v) is 4.20. The van der Waals surface area contributed by atoms with Gasteiger partial charge >= 0.3 is 0 Å².